The minimum Gasteiger partial charge on any atom is -0.363 e. The predicted molar refractivity (Wildman–Crippen MR) is 135 cm³/mol. The van der Waals surface area contributed by atoms with Crippen LogP contribution < -0.4 is 5.32 Å². The summed E-state index contributed by atoms with van der Waals surface area (Å²) in [5, 5.41) is 2.85. The fraction of sp³-hybridized carbons (Fsp3) is 0.552. The predicted octanol–water partition coefficient (Wildman–Crippen LogP) is 6.22. The van der Waals surface area contributed by atoms with Crippen molar-refractivity contribution in [3.63, 3.8) is 0 Å². The lowest BCUT2D eigenvalue weighted by Gasteiger charge is -2.46. The van der Waals surface area contributed by atoms with Crippen molar-refractivity contribution in [1.82, 2.24) is 10.2 Å². The summed E-state index contributed by atoms with van der Waals surface area (Å²) in [5.41, 5.74) is 0.372. The second-order valence-corrected chi connectivity index (χ2v) is 10.8. The molecule has 2 aliphatic rings. The summed E-state index contributed by atoms with van der Waals surface area (Å²) in [6.45, 7) is 7.81. The van der Waals surface area contributed by atoms with Gasteiger partial charge in [0.05, 0.1) is 12.2 Å². The number of alkyl halides is 3. The summed E-state index contributed by atoms with van der Waals surface area (Å²) in [4.78, 5) is 15.7. The van der Waals surface area contributed by atoms with Crippen molar-refractivity contribution in [1.29, 1.82) is 0 Å². The Morgan fingerprint density at radius 1 is 1.11 bits per heavy atom. The van der Waals surface area contributed by atoms with Gasteiger partial charge in [-0.1, -0.05) is 37.6 Å². The lowest BCUT2D eigenvalue weighted by atomic mass is 9.80. The van der Waals surface area contributed by atoms with Crippen molar-refractivity contribution < 1.29 is 27.1 Å². The largest absolute Gasteiger partial charge is 0.416 e. The molecule has 2 atom stereocenters. The first-order chi connectivity index (χ1) is 17.5. The zero-order valence-electron chi connectivity index (χ0n) is 21.7. The van der Waals surface area contributed by atoms with Crippen molar-refractivity contribution in [2.45, 2.75) is 76.7 Å². The van der Waals surface area contributed by atoms with Gasteiger partial charge in [0, 0.05) is 12.6 Å². The summed E-state index contributed by atoms with van der Waals surface area (Å²) in [6.07, 6.45) is -1.07. The van der Waals surface area contributed by atoms with Crippen LogP contribution in [-0.4, -0.2) is 42.1 Å². The normalized spacial score (nSPS) is 23.8. The Kier molecular flexibility index (Phi) is 8.29. The molecule has 8 heteroatoms. The minimum atomic E-state index is -4.43. The van der Waals surface area contributed by atoms with E-state index in [0.717, 1.165) is 44.5 Å². The van der Waals surface area contributed by atoms with E-state index in [9.17, 15) is 22.4 Å². The number of halogens is 4. The first-order valence-electron chi connectivity index (χ1n) is 13.1. The zero-order chi connectivity index (χ0) is 26.8. The second-order valence-electron chi connectivity index (χ2n) is 10.8. The van der Waals surface area contributed by atoms with E-state index in [2.05, 4.69) is 10.2 Å². The number of rotatable bonds is 6. The van der Waals surface area contributed by atoms with Crippen molar-refractivity contribution in [3.8, 4) is 0 Å². The number of hydrogen-bond donors (Lipinski definition) is 1. The van der Waals surface area contributed by atoms with E-state index in [1.807, 2.05) is 26.0 Å². The molecular formula is C29H36F4N2O2. The molecule has 37 heavy (non-hydrogen) atoms. The van der Waals surface area contributed by atoms with Crippen molar-refractivity contribution >= 4 is 5.91 Å². The summed E-state index contributed by atoms with van der Waals surface area (Å²) >= 11 is 0. The van der Waals surface area contributed by atoms with Gasteiger partial charge >= 0.3 is 6.18 Å². The summed E-state index contributed by atoms with van der Waals surface area (Å²) in [6, 6.07) is 10.8. The van der Waals surface area contributed by atoms with E-state index in [-0.39, 0.29) is 30.2 Å². The Balaban J connectivity index is 1.33. The van der Waals surface area contributed by atoms with Gasteiger partial charge in [-0.15, -0.1) is 0 Å². The Hall–Kier alpha value is -2.45. The van der Waals surface area contributed by atoms with Gasteiger partial charge in [0.2, 0.25) is 0 Å². The van der Waals surface area contributed by atoms with E-state index < -0.39 is 17.3 Å². The lowest BCUT2D eigenvalue weighted by Crippen LogP contribution is -2.58. The quantitative estimate of drug-likeness (QED) is 0.460. The van der Waals surface area contributed by atoms with E-state index in [1.165, 1.54) is 17.7 Å². The molecule has 0 aromatic heterocycles. The molecule has 1 amide bonds. The number of hydrogen-bond acceptors (Lipinski definition) is 3. The number of ether oxygens (including phenoxy) is 1. The monoisotopic (exact) mass is 520 g/mol. The van der Waals surface area contributed by atoms with Crippen LogP contribution >= 0.6 is 0 Å². The third kappa shape index (κ3) is 6.34. The van der Waals surface area contributed by atoms with Crippen LogP contribution in [0.4, 0.5) is 17.6 Å². The molecule has 2 aliphatic heterocycles. The van der Waals surface area contributed by atoms with Gasteiger partial charge < -0.3 is 10.1 Å². The van der Waals surface area contributed by atoms with E-state index in [4.69, 9.17) is 4.74 Å². The van der Waals surface area contributed by atoms with Gasteiger partial charge in [-0.05, 0) is 92.9 Å². The average Bonchev–Trinajstić information content (AvgIpc) is 2.87. The smallest absolute Gasteiger partial charge is 0.363 e. The Morgan fingerprint density at radius 3 is 2.35 bits per heavy atom. The van der Waals surface area contributed by atoms with Gasteiger partial charge in [-0.2, -0.15) is 13.2 Å². The highest BCUT2D eigenvalue weighted by molar-refractivity contribution is 5.85. The van der Waals surface area contributed by atoms with Crippen molar-refractivity contribution in [2.24, 2.45) is 5.92 Å². The Labute approximate surface area is 216 Å². The van der Waals surface area contributed by atoms with Crippen LogP contribution in [0.1, 0.15) is 67.7 Å². The molecule has 0 radical (unpaired) electrons. The van der Waals surface area contributed by atoms with Crippen LogP contribution in [-0.2, 0) is 22.3 Å². The summed E-state index contributed by atoms with van der Waals surface area (Å²) in [7, 11) is 0. The average molecular weight is 521 g/mol. The fourth-order valence-corrected chi connectivity index (χ4v) is 5.76. The molecule has 0 spiro atoms. The molecule has 0 aliphatic carbocycles. The molecule has 2 saturated heterocycles. The number of piperidine rings is 1. The highest BCUT2D eigenvalue weighted by Gasteiger charge is 2.46. The Bertz CT molecular complexity index is 1070. The van der Waals surface area contributed by atoms with Crippen LogP contribution in [0.25, 0.3) is 0 Å². The molecule has 2 aromatic rings. The van der Waals surface area contributed by atoms with Crippen molar-refractivity contribution in [3.05, 3.63) is 70.5 Å². The van der Waals surface area contributed by atoms with E-state index in [0.29, 0.717) is 30.1 Å². The molecule has 0 bridgehead atoms. The van der Waals surface area contributed by atoms with Crippen molar-refractivity contribution in [2.75, 3.05) is 19.7 Å². The first kappa shape index (κ1) is 27.6. The fourth-order valence-electron chi connectivity index (χ4n) is 5.76. The molecule has 0 saturated carbocycles. The number of amides is 1. The molecule has 2 fully saturated rings. The van der Waals surface area contributed by atoms with E-state index >= 15 is 0 Å². The topological polar surface area (TPSA) is 41.6 Å². The van der Waals surface area contributed by atoms with Crippen LogP contribution in [0.5, 0.6) is 0 Å². The molecule has 1 N–H and O–H groups in total. The van der Waals surface area contributed by atoms with Gasteiger partial charge in [0.15, 0.2) is 0 Å². The number of aryl methyl sites for hydroxylation is 1. The van der Waals surface area contributed by atoms with Crippen LogP contribution in [0, 0.1) is 18.7 Å². The highest BCUT2D eigenvalue weighted by atomic mass is 19.4. The number of carbonyl (C=O) groups is 1. The van der Waals surface area contributed by atoms with Gasteiger partial charge in [0.25, 0.3) is 5.91 Å². The Morgan fingerprint density at radius 2 is 1.78 bits per heavy atom. The second kappa shape index (κ2) is 11.1. The van der Waals surface area contributed by atoms with Crippen LogP contribution in [0.3, 0.4) is 0 Å². The maximum atomic E-state index is 13.3. The number of nitrogens with zero attached hydrogens (tertiary/aromatic N) is 1. The van der Waals surface area contributed by atoms with E-state index in [1.54, 1.807) is 13.0 Å². The maximum absolute atomic E-state index is 13.3. The number of nitrogens with one attached hydrogen (secondary N) is 1. The number of likely N-dealkylation sites (tertiary alicyclic amines) is 1. The number of benzene rings is 2. The molecule has 4 rings (SSSR count). The zero-order valence-corrected chi connectivity index (χ0v) is 21.7. The molecule has 2 aromatic carbocycles. The highest BCUT2D eigenvalue weighted by Crippen LogP contribution is 2.37. The third-order valence-electron chi connectivity index (χ3n) is 8.00. The first-order valence-corrected chi connectivity index (χ1v) is 13.1. The van der Waals surface area contributed by atoms with Gasteiger partial charge in [-0.25, -0.2) is 4.39 Å². The van der Waals surface area contributed by atoms with Crippen LogP contribution in [0.2, 0.25) is 0 Å². The lowest BCUT2D eigenvalue weighted by molar-refractivity contribution is -0.170. The molecule has 4 nitrogen and oxygen atoms in total. The number of carbonyl (C=O) groups excluding carboxylic acids is 1. The molecular weight excluding hydrogens is 484 g/mol. The van der Waals surface area contributed by atoms with Crippen LogP contribution in [0.15, 0.2) is 42.5 Å². The van der Waals surface area contributed by atoms with Gasteiger partial charge in [0.1, 0.15) is 11.4 Å². The SMILES string of the molecule is Cc1cc(CNC(=O)C2(C(C)C)CC[C@@H](N3CCC(c4ccc(F)cc4)CC3)CO2)cc(C(F)(F)F)c1. The molecule has 1 unspecified atom stereocenters. The maximum Gasteiger partial charge on any atom is 0.416 e. The summed E-state index contributed by atoms with van der Waals surface area (Å²) in [5.74, 6) is -0.156. The molecule has 2 heterocycles. The standard InChI is InChI=1S/C29H36F4N2O2/c1-19(2)28(27(36)34-17-21-14-20(3)15-24(16-21)29(31,32)33)11-8-26(18-37-28)35-12-9-23(10-13-35)22-4-6-25(30)7-5-22/h4-7,14-16,19,23,26H,8-13,17-18H2,1-3H3,(H,34,36)/t26-,28?/m1/s1. The minimum absolute atomic E-state index is 0.0156. The van der Waals surface area contributed by atoms with Gasteiger partial charge in [-0.3, -0.25) is 9.69 Å². The molecule has 202 valence electrons. The third-order valence-corrected chi connectivity index (χ3v) is 8.00. The summed E-state index contributed by atoms with van der Waals surface area (Å²) < 4.78 is 59.1.